The Balaban J connectivity index is 1.34. The molecule has 3 aromatic rings. The molecule has 0 radical (unpaired) electrons. The lowest BCUT2D eigenvalue weighted by molar-refractivity contribution is -0.118. The highest BCUT2D eigenvalue weighted by molar-refractivity contribution is 5.92. The monoisotopic (exact) mass is 388 g/mol. The van der Waals surface area contributed by atoms with Gasteiger partial charge in [0.1, 0.15) is 5.75 Å². The maximum Gasteiger partial charge on any atom is 0.262 e. The molecule has 6 heteroatoms. The number of hydrogen-bond donors (Lipinski definition) is 1. The Morgan fingerprint density at radius 3 is 2.45 bits per heavy atom. The summed E-state index contributed by atoms with van der Waals surface area (Å²) in [5.41, 5.74) is 3.49. The summed E-state index contributed by atoms with van der Waals surface area (Å²) in [6, 6.07) is 19.2. The van der Waals surface area contributed by atoms with Gasteiger partial charge in [-0.15, -0.1) is 10.2 Å². The van der Waals surface area contributed by atoms with Crippen LogP contribution in [-0.2, 0) is 4.79 Å². The fourth-order valence-corrected chi connectivity index (χ4v) is 3.38. The van der Waals surface area contributed by atoms with E-state index in [1.54, 1.807) is 0 Å². The molecule has 1 aliphatic heterocycles. The molecule has 2 heterocycles. The third-order valence-corrected chi connectivity index (χ3v) is 5.00. The van der Waals surface area contributed by atoms with Crippen molar-refractivity contribution in [1.29, 1.82) is 0 Å². The normalized spacial score (nSPS) is 13.3. The van der Waals surface area contributed by atoms with Crippen LogP contribution < -0.4 is 15.0 Å². The van der Waals surface area contributed by atoms with E-state index < -0.39 is 0 Å². The van der Waals surface area contributed by atoms with E-state index in [2.05, 4.69) is 20.4 Å². The van der Waals surface area contributed by atoms with Gasteiger partial charge in [-0.1, -0.05) is 30.3 Å². The molecular formula is C23H24N4O2. The lowest BCUT2D eigenvalue weighted by Crippen LogP contribution is -2.20. The maximum absolute atomic E-state index is 12.2. The van der Waals surface area contributed by atoms with Gasteiger partial charge in [0.15, 0.2) is 12.4 Å². The minimum atomic E-state index is -0.198. The molecule has 0 saturated carbocycles. The van der Waals surface area contributed by atoms with Gasteiger partial charge < -0.3 is 15.0 Å². The molecular weight excluding hydrogens is 364 g/mol. The van der Waals surface area contributed by atoms with Crippen molar-refractivity contribution in [2.75, 3.05) is 29.9 Å². The number of nitrogens with zero attached hydrogens (tertiary/aromatic N) is 3. The third kappa shape index (κ3) is 4.71. The van der Waals surface area contributed by atoms with Gasteiger partial charge in [-0.05, 0) is 55.7 Å². The van der Waals surface area contributed by atoms with Crippen LogP contribution in [0.5, 0.6) is 5.75 Å². The Morgan fingerprint density at radius 1 is 1.00 bits per heavy atom. The topological polar surface area (TPSA) is 67.3 Å². The minimum absolute atomic E-state index is 0.0317. The summed E-state index contributed by atoms with van der Waals surface area (Å²) < 4.78 is 5.58. The molecule has 0 bridgehead atoms. The third-order valence-electron chi connectivity index (χ3n) is 5.00. The summed E-state index contributed by atoms with van der Waals surface area (Å²) >= 11 is 0. The summed E-state index contributed by atoms with van der Waals surface area (Å²) in [6.45, 7) is 4.02. The number of ether oxygens (including phenoxy) is 1. The molecule has 0 unspecified atom stereocenters. The van der Waals surface area contributed by atoms with Gasteiger partial charge in [-0.2, -0.15) is 0 Å². The Bertz CT molecular complexity index is 965. The zero-order chi connectivity index (χ0) is 20.1. The van der Waals surface area contributed by atoms with Crippen LogP contribution in [0.4, 0.5) is 11.5 Å². The van der Waals surface area contributed by atoms with Crippen LogP contribution in [0.25, 0.3) is 11.3 Å². The van der Waals surface area contributed by atoms with E-state index in [0.717, 1.165) is 35.7 Å². The Morgan fingerprint density at radius 2 is 1.76 bits per heavy atom. The second kappa shape index (κ2) is 8.73. The molecule has 148 valence electrons. The van der Waals surface area contributed by atoms with Gasteiger partial charge in [0.25, 0.3) is 5.91 Å². The van der Waals surface area contributed by atoms with Gasteiger partial charge in [0.05, 0.1) is 5.69 Å². The first-order valence-corrected chi connectivity index (χ1v) is 9.86. The zero-order valence-electron chi connectivity index (χ0n) is 16.5. The van der Waals surface area contributed by atoms with Crippen molar-refractivity contribution in [2.45, 2.75) is 19.8 Å². The number of hydrogen-bond acceptors (Lipinski definition) is 5. The number of carbonyl (C=O) groups is 1. The molecule has 1 N–H and O–H groups in total. The largest absolute Gasteiger partial charge is 0.483 e. The van der Waals surface area contributed by atoms with Crippen molar-refractivity contribution < 1.29 is 9.53 Å². The number of benzene rings is 2. The van der Waals surface area contributed by atoms with E-state index in [0.29, 0.717) is 11.4 Å². The predicted molar refractivity (Wildman–Crippen MR) is 114 cm³/mol. The van der Waals surface area contributed by atoms with Crippen molar-refractivity contribution >= 4 is 17.4 Å². The molecule has 4 rings (SSSR count). The van der Waals surface area contributed by atoms with E-state index in [-0.39, 0.29) is 12.5 Å². The minimum Gasteiger partial charge on any atom is -0.483 e. The lowest BCUT2D eigenvalue weighted by Gasteiger charge is -2.15. The molecule has 1 fully saturated rings. The highest BCUT2D eigenvalue weighted by atomic mass is 16.5. The Labute approximate surface area is 170 Å². The molecule has 0 aliphatic carbocycles. The summed E-state index contributed by atoms with van der Waals surface area (Å²) in [5.74, 6) is 1.45. The van der Waals surface area contributed by atoms with Crippen molar-refractivity contribution in [3.05, 3.63) is 66.2 Å². The molecule has 1 amide bonds. The number of anilines is 2. The molecule has 6 nitrogen and oxygen atoms in total. The Kier molecular flexibility index (Phi) is 5.70. The van der Waals surface area contributed by atoms with Gasteiger partial charge in [-0.3, -0.25) is 4.79 Å². The summed E-state index contributed by atoms with van der Waals surface area (Å²) in [7, 11) is 0. The highest BCUT2D eigenvalue weighted by Gasteiger charge is 2.14. The van der Waals surface area contributed by atoms with Crippen LogP contribution in [-0.4, -0.2) is 35.8 Å². The SMILES string of the molecule is Cc1ccccc1OCC(=O)Nc1ccc(-c2ccc(N3CCCC3)nn2)cc1. The van der Waals surface area contributed by atoms with E-state index in [9.17, 15) is 4.79 Å². The number of amides is 1. The van der Waals surface area contributed by atoms with E-state index in [1.807, 2.05) is 67.6 Å². The number of rotatable bonds is 6. The quantitative estimate of drug-likeness (QED) is 0.689. The maximum atomic E-state index is 12.2. The highest BCUT2D eigenvalue weighted by Crippen LogP contribution is 2.22. The fourth-order valence-electron chi connectivity index (χ4n) is 3.38. The van der Waals surface area contributed by atoms with Crippen LogP contribution in [0.15, 0.2) is 60.7 Å². The van der Waals surface area contributed by atoms with Gasteiger partial charge in [0, 0.05) is 24.3 Å². The Hall–Kier alpha value is -3.41. The molecule has 29 heavy (non-hydrogen) atoms. The zero-order valence-corrected chi connectivity index (χ0v) is 16.5. The van der Waals surface area contributed by atoms with Crippen LogP contribution in [0, 0.1) is 6.92 Å². The van der Waals surface area contributed by atoms with Gasteiger partial charge in [-0.25, -0.2) is 0 Å². The number of para-hydroxylation sites is 1. The second-order valence-corrected chi connectivity index (χ2v) is 7.15. The standard InChI is InChI=1S/C23H24N4O2/c1-17-6-2-3-7-21(17)29-16-23(28)24-19-10-8-18(9-11-19)20-12-13-22(26-25-20)27-14-4-5-15-27/h2-3,6-13H,4-5,14-16H2,1H3,(H,24,28). The van der Waals surface area contributed by atoms with E-state index >= 15 is 0 Å². The van der Waals surface area contributed by atoms with Crippen molar-refractivity contribution in [1.82, 2.24) is 10.2 Å². The molecule has 1 aromatic heterocycles. The van der Waals surface area contributed by atoms with E-state index in [1.165, 1.54) is 12.8 Å². The van der Waals surface area contributed by atoms with Crippen LogP contribution in [0.1, 0.15) is 18.4 Å². The first kappa shape index (κ1) is 18.9. The van der Waals surface area contributed by atoms with Gasteiger partial charge >= 0.3 is 0 Å². The smallest absolute Gasteiger partial charge is 0.262 e. The number of aromatic nitrogens is 2. The van der Waals surface area contributed by atoms with Crippen LogP contribution in [0.2, 0.25) is 0 Å². The fraction of sp³-hybridized carbons (Fsp3) is 0.261. The molecule has 1 saturated heterocycles. The summed E-state index contributed by atoms with van der Waals surface area (Å²) in [5, 5.41) is 11.6. The molecule has 2 aromatic carbocycles. The van der Waals surface area contributed by atoms with Crippen molar-refractivity contribution in [2.24, 2.45) is 0 Å². The number of carbonyl (C=O) groups excluding carboxylic acids is 1. The number of nitrogens with one attached hydrogen (secondary N) is 1. The number of aryl methyl sites for hydroxylation is 1. The summed E-state index contributed by atoms with van der Waals surface area (Å²) in [6.07, 6.45) is 2.43. The van der Waals surface area contributed by atoms with Crippen molar-refractivity contribution in [3.63, 3.8) is 0 Å². The summed E-state index contributed by atoms with van der Waals surface area (Å²) in [4.78, 5) is 14.4. The average molecular weight is 388 g/mol. The van der Waals surface area contributed by atoms with E-state index in [4.69, 9.17) is 4.74 Å². The molecule has 0 atom stereocenters. The van der Waals surface area contributed by atoms with Crippen LogP contribution in [0.3, 0.4) is 0 Å². The molecule has 1 aliphatic rings. The van der Waals surface area contributed by atoms with Crippen molar-refractivity contribution in [3.8, 4) is 17.0 Å². The van der Waals surface area contributed by atoms with Gasteiger partial charge in [0.2, 0.25) is 0 Å². The molecule has 0 spiro atoms. The predicted octanol–water partition coefficient (Wildman–Crippen LogP) is 4.07. The second-order valence-electron chi connectivity index (χ2n) is 7.15. The van der Waals surface area contributed by atoms with Crippen LogP contribution >= 0.6 is 0 Å². The first-order chi connectivity index (χ1) is 14.2. The lowest BCUT2D eigenvalue weighted by atomic mass is 10.1. The average Bonchev–Trinajstić information content (AvgIpc) is 3.29. The first-order valence-electron chi connectivity index (χ1n) is 9.86.